The minimum Gasteiger partial charge on any atom is -0.475 e. The van der Waals surface area contributed by atoms with Crippen molar-refractivity contribution in [1.82, 2.24) is 0 Å². The van der Waals surface area contributed by atoms with E-state index in [1.165, 1.54) is 0 Å². The number of benzene rings is 1. The number of halogens is 1. The van der Waals surface area contributed by atoms with Crippen molar-refractivity contribution in [2.45, 2.75) is 43.9 Å². The molecule has 1 saturated carbocycles. The predicted octanol–water partition coefficient (Wildman–Crippen LogP) is 2.59. The molecule has 3 nitrogen and oxygen atoms in total. The molecule has 4 heteroatoms. The average Bonchev–Trinajstić information content (AvgIpc) is 2.73. The fraction of sp³-hybridized carbons (Fsp3) is 0.500. The summed E-state index contributed by atoms with van der Waals surface area (Å²) >= 11 is 6.13. The molecule has 1 aliphatic carbocycles. The summed E-state index contributed by atoms with van der Waals surface area (Å²) in [5.74, 6) is 0.757. The Labute approximate surface area is 111 Å². The van der Waals surface area contributed by atoms with Crippen LogP contribution in [0.4, 0.5) is 0 Å². The van der Waals surface area contributed by atoms with Gasteiger partial charge in [-0.2, -0.15) is 0 Å². The van der Waals surface area contributed by atoms with Crippen molar-refractivity contribution in [3.8, 4) is 0 Å². The summed E-state index contributed by atoms with van der Waals surface area (Å²) in [5.41, 5.74) is 1.04. The van der Waals surface area contributed by atoms with E-state index in [2.05, 4.69) is 4.99 Å². The molecule has 0 bridgehead atoms. The van der Waals surface area contributed by atoms with Crippen molar-refractivity contribution in [1.29, 1.82) is 0 Å². The highest BCUT2D eigenvalue weighted by Crippen LogP contribution is 2.30. The van der Waals surface area contributed by atoms with E-state index in [4.69, 9.17) is 16.3 Å². The first-order valence-electron chi connectivity index (χ1n) is 6.37. The summed E-state index contributed by atoms with van der Waals surface area (Å²) in [6.07, 6.45) is 3.00. The monoisotopic (exact) mass is 265 g/mol. The molecule has 96 valence electrons. The van der Waals surface area contributed by atoms with Crippen LogP contribution in [0.3, 0.4) is 0 Å². The van der Waals surface area contributed by atoms with Crippen LogP contribution in [0.2, 0.25) is 5.02 Å². The molecule has 1 aromatic carbocycles. The lowest BCUT2D eigenvalue weighted by Gasteiger charge is -2.26. The molecule has 0 aromatic heterocycles. The molecule has 0 saturated heterocycles. The number of aliphatic hydroxyl groups excluding tert-OH is 1. The van der Waals surface area contributed by atoms with Crippen LogP contribution in [0, 0.1) is 0 Å². The fourth-order valence-corrected chi connectivity index (χ4v) is 2.86. The number of hydrogen-bond acceptors (Lipinski definition) is 3. The highest BCUT2D eigenvalue weighted by Gasteiger charge is 2.36. The van der Waals surface area contributed by atoms with Crippen molar-refractivity contribution in [3.05, 3.63) is 34.9 Å². The quantitative estimate of drug-likeness (QED) is 0.893. The van der Waals surface area contributed by atoms with Gasteiger partial charge < -0.3 is 9.84 Å². The Balaban J connectivity index is 1.72. The summed E-state index contributed by atoms with van der Waals surface area (Å²) < 4.78 is 5.85. The zero-order valence-electron chi connectivity index (χ0n) is 10.1. The third kappa shape index (κ3) is 2.38. The van der Waals surface area contributed by atoms with Gasteiger partial charge in [0.2, 0.25) is 0 Å². The number of hydrogen-bond donors (Lipinski definition) is 1. The molecule has 1 aliphatic heterocycles. The molecule has 1 aromatic rings. The Morgan fingerprint density at radius 1 is 1.33 bits per heavy atom. The van der Waals surface area contributed by atoms with Gasteiger partial charge >= 0.3 is 0 Å². The number of aliphatic hydroxyl groups is 1. The maximum atomic E-state index is 9.63. The van der Waals surface area contributed by atoms with E-state index in [0.717, 1.165) is 35.7 Å². The number of aliphatic imine (C=N–C) groups is 1. The van der Waals surface area contributed by atoms with Gasteiger partial charge in [-0.25, -0.2) is 4.99 Å². The summed E-state index contributed by atoms with van der Waals surface area (Å²) in [6.45, 7) is 0. The second-order valence-corrected chi connectivity index (χ2v) is 5.39. The van der Waals surface area contributed by atoms with Gasteiger partial charge in [0, 0.05) is 5.02 Å². The van der Waals surface area contributed by atoms with Crippen LogP contribution in [-0.4, -0.2) is 29.3 Å². The molecule has 1 heterocycles. The topological polar surface area (TPSA) is 41.8 Å². The molecular formula is C14H16ClNO2. The molecule has 1 fully saturated rings. The van der Waals surface area contributed by atoms with E-state index < -0.39 is 0 Å². The molecule has 0 amide bonds. The first-order valence-corrected chi connectivity index (χ1v) is 6.75. The summed E-state index contributed by atoms with van der Waals surface area (Å²) in [4.78, 5) is 4.57. The van der Waals surface area contributed by atoms with E-state index in [1.807, 2.05) is 24.3 Å². The average molecular weight is 266 g/mol. The summed E-state index contributed by atoms with van der Waals surface area (Å²) in [6, 6.07) is 7.88. The van der Waals surface area contributed by atoms with Crippen LogP contribution in [0.1, 0.15) is 24.8 Å². The Morgan fingerprint density at radius 2 is 2.17 bits per heavy atom. The van der Waals surface area contributed by atoms with Gasteiger partial charge in [-0.3, -0.25) is 0 Å². The van der Waals surface area contributed by atoms with Crippen molar-refractivity contribution in [3.63, 3.8) is 0 Å². The molecule has 18 heavy (non-hydrogen) atoms. The van der Waals surface area contributed by atoms with E-state index >= 15 is 0 Å². The third-order valence-electron chi connectivity index (χ3n) is 3.62. The van der Waals surface area contributed by atoms with E-state index in [0.29, 0.717) is 6.42 Å². The Kier molecular flexibility index (Phi) is 3.27. The van der Waals surface area contributed by atoms with Crippen LogP contribution in [0.25, 0.3) is 0 Å². The van der Waals surface area contributed by atoms with Gasteiger partial charge in [0.05, 0.1) is 18.6 Å². The standard InChI is InChI=1S/C14H16ClNO2/c15-11-4-2-1-3-9(11)7-14-16-12-8-10(17)5-6-13(12)18-14/h1-4,10,12-13,17H,5-8H2. The van der Waals surface area contributed by atoms with E-state index in [9.17, 15) is 5.11 Å². The number of nitrogens with zero attached hydrogens (tertiary/aromatic N) is 1. The molecule has 2 aliphatic rings. The van der Waals surface area contributed by atoms with Crippen LogP contribution in [-0.2, 0) is 11.2 Å². The third-order valence-corrected chi connectivity index (χ3v) is 3.99. The second-order valence-electron chi connectivity index (χ2n) is 4.98. The molecule has 0 spiro atoms. The lowest BCUT2D eigenvalue weighted by Crippen LogP contribution is -2.33. The molecular weight excluding hydrogens is 250 g/mol. The van der Waals surface area contributed by atoms with Crippen molar-refractivity contribution in [2.75, 3.05) is 0 Å². The van der Waals surface area contributed by atoms with Gasteiger partial charge in [0.25, 0.3) is 0 Å². The summed E-state index contributed by atoms with van der Waals surface area (Å²) in [5, 5.41) is 10.4. The van der Waals surface area contributed by atoms with Crippen molar-refractivity contribution >= 4 is 17.5 Å². The lowest BCUT2D eigenvalue weighted by atomic mass is 9.91. The van der Waals surface area contributed by atoms with Gasteiger partial charge in [0.1, 0.15) is 6.10 Å². The number of fused-ring (bicyclic) bond motifs is 1. The fourth-order valence-electron chi connectivity index (χ4n) is 2.65. The highest BCUT2D eigenvalue weighted by molar-refractivity contribution is 6.31. The molecule has 3 rings (SSSR count). The first-order chi connectivity index (χ1) is 8.72. The number of rotatable bonds is 2. The van der Waals surface area contributed by atoms with Gasteiger partial charge in [0.15, 0.2) is 5.90 Å². The zero-order chi connectivity index (χ0) is 12.5. The van der Waals surface area contributed by atoms with E-state index in [1.54, 1.807) is 0 Å². The SMILES string of the molecule is OC1CCC2OC(Cc3ccccc3Cl)=NC2C1. The molecule has 1 N–H and O–H groups in total. The molecule has 3 atom stereocenters. The maximum Gasteiger partial charge on any atom is 0.188 e. The van der Waals surface area contributed by atoms with Crippen LogP contribution in [0.15, 0.2) is 29.3 Å². The molecule has 0 radical (unpaired) electrons. The first kappa shape index (κ1) is 12.0. The minimum absolute atomic E-state index is 0.131. The Morgan fingerprint density at radius 3 is 3.00 bits per heavy atom. The minimum atomic E-state index is -0.224. The largest absolute Gasteiger partial charge is 0.475 e. The van der Waals surface area contributed by atoms with Gasteiger partial charge in [-0.15, -0.1) is 0 Å². The van der Waals surface area contributed by atoms with Crippen LogP contribution < -0.4 is 0 Å². The number of ether oxygens (including phenoxy) is 1. The van der Waals surface area contributed by atoms with Gasteiger partial charge in [-0.1, -0.05) is 29.8 Å². The normalized spacial score (nSPS) is 30.6. The van der Waals surface area contributed by atoms with Crippen molar-refractivity contribution < 1.29 is 9.84 Å². The van der Waals surface area contributed by atoms with Crippen LogP contribution in [0.5, 0.6) is 0 Å². The van der Waals surface area contributed by atoms with Gasteiger partial charge in [-0.05, 0) is 30.9 Å². The lowest BCUT2D eigenvalue weighted by molar-refractivity contribution is 0.0616. The molecule has 3 unspecified atom stereocenters. The van der Waals surface area contributed by atoms with Crippen LogP contribution >= 0.6 is 11.6 Å². The maximum absolute atomic E-state index is 9.63. The smallest absolute Gasteiger partial charge is 0.188 e. The second kappa shape index (κ2) is 4.90. The Hall–Kier alpha value is -1.06. The zero-order valence-corrected chi connectivity index (χ0v) is 10.8. The van der Waals surface area contributed by atoms with Crippen molar-refractivity contribution in [2.24, 2.45) is 4.99 Å². The van der Waals surface area contributed by atoms with E-state index in [-0.39, 0.29) is 18.2 Å². The summed E-state index contributed by atoms with van der Waals surface area (Å²) in [7, 11) is 0. The predicted molar refractivity (Wildman–Crippen MR) is 71.1 cm³/mol. The highest BCUT2D eigenvalue weighted by atomic mass is 35.5. The Bertz CT molecular complexity index is 475.